The predicted octanol–water partition coefficient (Wildman–Crippen LogP) is 0.759. The number of aliphatic hydroxyl groups is 2. The van der Waals surface area contributed by atoms with Crippen LogP contribution >= 0.6 is 0 Å². The van der Waals surface area contributed by atoms with Crippen molar-refractivity contribution in [2.24, 2.45) is 11.5 Å². The average Bonchev–Trinajstić information content (AvgIpc) is 2.90. The third-order valence-corrected chi connectivity index (χ3v) is 6.24. The standard InChI is InChI=1S/2C13H20N2O2/c2*14-12(10-15-6-8-17-9-7-15)13(16)11-4-2-1-3-5-11/h2*1-5,12-13,16H,6-10,14H2/t2*12-,13-/m10/s1. The summed E-state index contributed by atoms with van der Waals surface area (Å²) < 4.78 is 10.6. The van der Waals surface area contributed by atoms with Crippen molar-refractivity contribution in [2.75, 3.05) is 65.7 Å². The molecule has 2 heterocycles. The molecule has 6 N–H and O–H groups in total. The highest BCUT2D eigenvalue weighted by atomic mass is 16.5. The Bertz CT molecular complexity index is 718. The minimum atomic E-state index is -0.598. The van der Waals surface area contributed by atoms with Crippen LogP contribution in [0.25, 0.3) is 0 Å². The molecule has 2 aliphatic heterocycles. The van der Waals surface area contributed by atoms with Gasteiger partial charge in [0.15, 0.2) is 0 Å². The number of rotatable bonds is 8. The van der Waals surface area contributed by atoms with Crippen molar-refractivity contribution in [3.05, 3.63) is 71.8 Å². The van der Waals surface area contributed by atoms with E-state index in [9.17, 15) is 10.2 Å². The molecule has 2 aromatic carbocycles. The fourth-order valence-electron chi connectivity index (χ4n) is 4.16. The van der Waals surface area contributed by atoms with Crippen molar-refractivity contribution < 1.29 is 19.7 Å². The van der Waals surface area contributed by atoms with E-state index in [1.807, 2.05) is 60.7 Å². The largest absolute Gasteiger partial charge is 0.387 e. The first-order chi connectivity index (χ1) is 16.5. The van der Waals surface area contributed by atoms with E-state index in [0.29, 0.717) is 13.1 Å². The second-order valence-electron chi connectivity index (χ2n) is 8.86. The van der Waals surface area contributed by atoms with E-state index in [2.05, 4.69) is 9.80 Å². The molecule has 0 radical (unpaired) electrons. The molecule has 34 heavy (non-hydrogen) atoms. The van der Waals surface area contributed by atoms with Gasteiger partial charge in [-0.2, -0.15) is 0 Å². The summed E-state index contributed by atoms with van der Waals surface area (Å²) in [5.74, 6) is 0. The SMILES string of the molecule is N[C@@H](CN1CCOCC1)[C@@H](O)c1ccccc1.N[C@H](CN1CCOCC1)[C@H](O)c1ccccc1. The Morgan fingerprint density at radius 3 is 1.26 bits per heavy atom. The molecule has 2 fully saturated rings. The Morgan fingerprint density at radius 1 is 0.618 bits per heavy atom. The Labute approximate surface area is 203 Å². The molecule has 4 atom stereocenters. The maximum atomic E-state index is 10.1. The predicted molar refractivity (Wildman–Crippen MR) is 133 cm³/mol. The summed E-state index contributed by atoms with van der Waals surface area (Å²) in [6.45, 7) is 8.04. The van der Waals surface area contributed by atoms with Gasteiger partial charge >= 0.3 is 0 Å². The Morgan fingerprint density at radius 2 is 0.941 bits per heavy atom. The molecule has 0 bridgehead atoms. The van der Waals surface area contributed by atoms with Crippen LogP contribution in [0.2, 0.25) is 0 Å². The summed E-state index contributed by atoms with van der Waals surface area (Å²) in [7, 11) is 0. The van der Waals surface area contributed by atoms with E-state index in [1.165, 1.54) is 0 Å². The van der Waals surface area contributed by atoms with E-state index >= 15 is 0 Å². The summed E-state index contributed by atoms with van der Waals surface area (Å²) in [5, 5.41) is 20.3. The number of benzene rings is 2. The molecular weight excluding hydrogens is 432 g/mol. The van der Waals surface area contributed by atoms with Gasteiger partial charge in [0.25, 0.3) is 0 Å². The molecule has 0 saturated carbocycles. The lowest BCUT2D eigenvalue weighted by molar-refractivity contribution is 0.0249. The van der Waals surface area contributed by atoms with Crippen LogP contribution in [0.3, 0.4) is 0 Å². The Kier molecular flexibility index (Phi) is 11.4. The van der Waals surface area contributed by atoms with Crippen molar-refractivity contribution in [1.29, 1.82) is 0 Å². The monoisotopic (exact) mass is 472 g/mol. The molecule has 2 aromatic rings. The molecule has 0 aromatic heterocycles. The number of nitrogens with two attached hydrogens (primary N) is 2. The van der Waals surface area contributed by atoms with Crippen molar-refractivity contribution in [3.8, 4) is 0 Å². The molecular formula is C26H40N4O4. The van der Waals surface area contributed by atoms with E-state index < -0.39 is 12.2 Å². The first-order valence-corrected chi connectivity index (χ1v) is 12.1. The van der Waals surface area contributed by atoms with Crippen molar-refractivity contribution in [2.45, 2.75) is 24.3 Å². The Balaban J connectivity index is 0.000000191. The summed E-state index contributed by atoms with van der Waals surface area (Å²) >= 11 is 0. The average molecular weight is 473 g/mol. The van der Waals surface area contributed by atoms with Crippen LogP contribution in [0.15, 0.2) is 60.7 Å². The van der Waals surface area contributed by atoms with E-state index in [-0.39, 0.29) is 12.1 Å². The van der Waals surface area contributed by atoms with Crippen LogP contribution in [-0.4, -0.2) is 97.8 Å². The summed E-state index contributed by atoms with van der Waals surface area (Å²) in [5.41, 5.74) is 13.9. The third kappa shape index (κ3) is 8.72. The lowest BCUT2D eigenvalue weighted by atomic mass is 10.0. The highest BCUT2D eigenvalue weighted by Crippen LogP contribution is 2.17. The van der Waals surface area contributed by atoms with Crippen LogP contribution in [0, 0.1) is 0 Å². The molecule has 8 heteroatoms. The second kappa shape index (κ2) is 14.5. The molecule has 0 aliphatic carbocycles. The van der Waals surface area contributed by atoms with Crippen LogP contribution in [-0.2, 0) is 9.47 Å². The van der Waals surface area contributed by atoms with Crippen LogP contribution in [0.5, 0.6) is 0 Å². The van der Waals surface area contributed by atoms with Gasteiger partial charge < -0.3 is 31.2 Å². The van der Waals surface area contributed by atoms with Crippen molar-refractivity contribution in [1.82, 2.24) is 9.80 Å². The maximum Gasteiger partial charge on any atom is 0.0953 e. The van der Waals surface area contributed by atoms with Crippen LogP contribution in [0.1, 0.15) is 23.3 Å². The van der Waals surface area contributed by atoms with Gasteiger partial charge in [0.2, 0.25) is 0 Å². The fourth-order valence-corrected chi connectivity index (χ4v) is 4.16. The molecule has 8 nitrogen and oxygen atoms in total. The van der Waals surface area contributed by atoms with E-state index in [1.54, 1.807) is 0 Å². The summed E-state index contributed by atoms with van der Waals surface area (Å²) in [6, 6.07) is 18.7. The van der Waals surface area contributed by atoms with Gasteiger partial charge in [-0.25, -0.2) is 0 Å². The number of ether oxygens (including phenoxy) is 2. The van der Waals surface area contributed by atoms with E-state index in [0.717, 1.165) is 63.7 Å². The highest BCUT2D eigenvalue weighted by Gasteiger charge is 2.22. The smallest absolute Gasteiger partial charge is 0.0953 e. The normalized spacial score (nSPS) is 21.1. The van der Waals surface area contributed by atoms with Crippen LogP contribution in [0.4, 0.5) is 0 Å². The molecule has 188 valence electrons. The molecule has 0 spiro atoms. The number of hydrogen-bond donors (Lipinski definition) is 4. The molecule has 0 unspecified atom stereocenters. The van der Waals surface area contributed by atoms with Gasteiger partial charge in [-0.3, -0.25) is 9.80 Å². The zero-order valence-corrected chi connectivity index (χ0v) is 19.9. The highest BCUT2D eigenvalue weighted by molar-refractivity contribution is 5.19. The minimum absolute atomic E-state index is 0.254. The van der Waals surface area contributed by atoms with Crippen molar-refractivity contribution in [3.63, 3.8) is 0 Å². The van der Waals surface area contributed by atoms with Gasteiger partial charge in [-0.05, 0) is 11.1 Å². The lowest BCUT2D eigenvalue weighted by Crippen LogP contribution is -2.45. The topological polar surface area (TPSA) is 117 Å². The number of nitrogens with zero attached hydrogens (tertiary/aromatic N) is 2. The molecule has 2 saturated heterocycles. The Hall–Kier alpha value is -1.88. The van der Waals surface area contributed by atoms with E-state index in [4.69, 9.17) is 20.9 Å². The van der Waals surface area contributed by atoms with Gasteiger partial charge in [-0.1, -0.05) is 60.7 Å². The number of morpholine rings is 2. The second-order valence-corrected chi connectivity index (χ2v) is 8.86. The van der Waals surface area contributed by atoms with Crippen LogP contribution < -0.4 is 11.5 Å². The summed E-state index contributed by atoms with van der Waals surface area (Å²) in [4.78, 5) is 4.47. The number of hydrogen-bond acceptors (Lipinski definition) is 8. The summed E-state index contributed by atoms with van der Waals surface area (Å²) in [6.07, 6.45) is -1.20. The maximum absolute atomic E-state index is 10.1. The first-order valence-electron chi connectivity index (χ1n) is 12.1. The molecule has 4 rings (SSSR count). The van der Waals surface area contributed by atoms with Gasteiger partial charge in [0.1, 0.15) is 0 Å². The minimum Gasteiger partial charge on any atom is -0.387 e. The quantitative estimate of drug-likeness (QED) is 0.445. The van der Waals surface area contributed by atoms with Gasteiger partial charge in [0.05, 0.1) is 38.6 Å². The van der Waals surface area contributed by atoms with Gasteiger partial charge in [0, 0.05) is 51.4 Å². The molecule has 0 amide bonds. The molecule has 2 aliphatic rings. The van der Waals surface area contributed by atoms with Gasteiger partial charge in [-0.15, -0.1) is 0 Å². The zero-order valence-electron chi connectivity index (χ0n) is 19.9. The lowest BCUT2D eigenvalue weighted by Gasteiger charge is -2.30. The number of aliphatic hydroxyl groups excluding tert-OH is 2. The van der Waals surface area contributed by atoms with Crippen molar-refractivity contribution >= 4 is 0 Å². The third-order valence-electron chi connectivity index (χ3n) is 6.24. The fraction of sp³-hybridized carbons (Fsp3) is 0.538. The first kappa shape index (κ1) is 26.7. The zero-order chi connectivity index (χ0) is 24.2.